The van der Waals surface area contributed by atoms with Crippen LogP contribution in [0.4, 0.5) is 5.69 Å². The molecule has 2 amide bonds. The molecule has 49 heavy (non-hydrogen) atoms. The lowest BCUT2D eigenvalue weighted by Crippen LogP contribution is -2.61. The average molecular weight is 690 g/mol. The number of fused-ring (bicyclic) bond motifs is 1. The van der Waals surface area contributed by atoms with Crippen molar-refractivity contribution in [1.82, 2.24) is 40.1 Å². The average Bonchev–Trinajstić information content (AvgIpc) is 3.72. The molecular formula is C33H39N9O6S. The van der Waals surface area contributed by atoms with Crippen LogP contribution in [-0.2, 0) is 32.4 Å². The smallest absolute Gasteiger partial charge is 0.310 e. The molecule has 0 fully saturated rings. The van der Waals surface area contributed by atoms with Gasteiger partial charge in [-0.05, 0) is 35.8 Å². The number of carbonyl (C=O) groups excluding carboxylic acids is 2. The van der Waals surface area contributed by atoms with E-state index in [2.05, 4.69) is 36.9 Å². The summed E-state index contributed by atoms with van der Waals surface area (Å²) in [5.74, 6) is -3.47. The topological polar surface area (TPSA) is 191 Å². The number of nitrogens with zero attached hydrogens (tertiary/aromatic N) is 6. The predicted molar refractivity (Wildman–Crippen MR) is 186 cm³/mol. The lowest BCUT2D eigenvalue weighted by atomic mass is 9.98. The van der Waals surface area contributed by atoms with Gasteiger partial charge < -0.3 is 29.9 Å². The summed E-state index contributed by atoms with van der Waals surface area (Å²) in [4.78, 5) is 31.4. The SMILES string of the molecule is C=C/C(=C\NC(C)=O)c1n[nH]c2ccc(NS(=O)CCN(COC)C(O)(O)C(=O)N3CC=C(c4ccc(-c5ncn(C)n5)cc4)CC3)cc12. The number of rotatable bonds is 14. The van der Waals surface area contributed by atoms with E-state index in [4.69, 9.17) is 4.74 Å². The zero-order chi connectivity index (χ0) is 35.1. The van der Waals surface area contributed by atoms with Crippen molar-refractivity contribution >= 4 is 50.5 Å². The number of ether oxygens (including phenoxy) is 1. The summed E-state index contributed by atoms with van der Waals surface area (Å²) in [6.07, 6.45) is 7.11. The highest BCUT2D eigenvalue weighted by Crippen LogP contribution is 2.28. The molecule has 3 heterocycles. The Morgan fingerprint density at radius 2 is 1.96 bits per heavy atom. The van der Waals surface area contributed by atoms with Crippen molar-refractivity contribution in [3.63, 3.8) is 0 Å². The summed E-state index contributed by atoms with van der Waals surface area (Å²) in [6.45, 7) is 5.20. The number of carbonyl (C=O) groups is 2. The number of hydrogen-bond acceptors (Lipinski definition) is 10. The van der Waals surface area contributed by atoms with Crippen LogP contribution < -0.4 is 10.0 Å². The maximum atomic E-state index is 13.4. The van der Waals surface area contributed by atoms with Crippen LogP contribution in [-0.4, -0.2) is 106 Å². The van der Waals surface area contributed by atoms with Gasteiger partial charge in [0.25, 0.3) is 5.91 Å². The molecule has 15 nitrogen and oxygen atoms in total. The molecule has 16 heteroatoms. The summed E-state index contributed by atoms with van der Waals surface area (Å²) < 4.78 is 22.8. The first-order valence-electron chi connectivity index (χ1n) is 15.4. The quantitative estimate of drug-likeness (QED) is 0.0967. The Morgan fingerprint density at radius 1 is 1.20 bits per heavy atom. The second-order valence-corrected chi connectivity index (χ2v) is 12.7. The van der Waals surface area contributed by atoms with E-state index in [0.717, 1.165) is 21.6 Å². The standard InChI is InChI=1S/C33H39N9O6S/c1-5-23(19-34-22(2)43)30-28-18-27(10-11-29(28)36-37-30)39-49(47)17-16-42(21-48-4)33(45,46)32(44)41-14-12-25(13-15-41)24-6-8-26(9-7-24)31-35-20-40(3)38-31/h5-12,18-20,39,45-46H,1,13-17,21H2,2-4H3,(H,34,43)(H,36,37)/b23-19+. The summed E-state index contributed by atoms with van der Waals surface area (Å²) in [5.41, 5.74) is 5.27. The number of nitrogens with one attached hydrogen (secondary N) is 3. The molecule has 0 bridgehead atoms. The molecule has 5 rings (SSSR count). The maximum Gasteiger partial charge on any atom is 0.310 e. The lowest BCUT2D eigenvalue weighted by molar-refractivity contribution is -0.269. The van der Waals surface area contributed by atoms with Gasteiger partial charge >= 0.3 is 5.91 Å². The molecule has 2 aromatic heterocycles. The van der Waals surface area contributed by atoms with Crippen molar-refractivity contribution in [3.05, 3.63) is 85.0 Å². The number of aromatic nitrogens is 5. The van der Waals surface area contributed by atoms with E-state index in [0.29, 0.717) is 40.1 Å². The minimum atomic E-state index is -2.89. The fourth-order valence-corrected chi connectivity index (χ4v) is 6.19. The normalized spacial score (nSPS) is 14.5. The first-order chi connectivity index (χ1) is 23.5. The van der Waals surface area contributed by atoms with Gasteiger partial charge in [-0.15, -0.1) is 0 Å². The maximum absolute atomic E-state index is 13.4. The Balaban J connectivity index is 1.20. The molecule has 1 aliphatic heterocycles. The highest BCUT2D eigenvalue weighted by molar-refractivity contribution is 7.86. The number of anilines is 1. The number of aryl methyl sites for hydroxylation is 1. The molecular weight excluding hydrogens is 650 g/mol. The first-order valence-corrected chi connectivity index (χ1v) is 16.7. The molecule has 4 aromatic rings. The van der Waals surface area contributed by atoms with Crippen molar-refractivity contribution < 1.29 is 28.7 Å². The summed E-state index contributed by atoms with van der Waals surface area (Å²) in [6, 6.07) is 13.1. The van der Waals surface area contributed by atoms with E-state index in [9.17, 15) is 24.0 Å². The number of amides is 2. The highest BCUT2D eigenvalue weighted by atomic mass is 32.2. The molecule has 1 aliphatic rings. The molecule has 0 aliphatic carbocycles. The van der Waals surface area contributed by atoms with E-state index in [1.165, 1.54) is 25.1 Å². The minimum absolute atomic E-state index is 0.0653. The predicted octanol–water partition coefficient (Wildman–Crippen LogP) is 1.96. The number of allylic oxidation sites excluding steroid dienone is 2. The number of benzene rings is 2. The second-order valence-electron chi connectivity index (χ2n) is 11.4. The molecule has 2 aromatic carbocycles. The van der Waals surface area contributed by atoms with Crippen LogP contribution in [0, 0.1) is 0 Å². The second kappa shape index (κ2) is 15.5. The van der Waals surface area contributed by atoms with Gasteiger partial charge in [-0.1, -0.05) is 43.0 Å². The van der Waals surface area contributed by atoms with Gasteiger partial charge in [0.15, 0.2) is 5.82 Å². The molecule has 5 N–H and O–H groups in total. The van der Waals surface area contributed by atoms with Gasteiger partial charge in [-0.2, -0.15) is 10.2 Å². The van der Waals surface area contributed by atoms with E-state index < -0.39 is 22.8 Å². The number of H-pyrrole nitrogens is 1. The van der Waals surface area contributed by atoms with Crippen molar-refractivity contribution in [3.8, 4) is 11.4 Å². The van der Waals surface area contributed by atoms with Crippen LogP contribution >= 0.6 is 0 Å². The number of methoxy groups -OCH3 is 1. The van der Waals surface area contributed by atoms with E-state index >= 15 is 0 Å². The van der Waals surface area contributed by atoms with E-state index in [1.807, 2.05) is 37.4 Å². The van der Waals surface area contributed by atoms with Gasteiger partial charge in [-0.3, -0.25) is 19.4 Å². The number of aromatic amines is 1. The van der Waals surface area contributed by atoms with Gasteiger partial charge in [0.1, 0.15) is 29.7 Å². The van der Waals surface area contributed by atoms with Crippen molar-refractivity contribution in [2.75, 3.05) is 43.9 Å². The minimum Gasteiger partial charge on any atom is -0.369 e. The fraction of sp³-hybridized carbons (Fsp3) is 0.303. The van der Waals surface area contributed by atoms with Crippen LogP contribution in [0.2, 0.25) is 0 Å². The summed E-state index contributed by atoms with van der Waals surface area (Å²) >= 11 is 0. The van der Waals surface area contributed by atoms with E-state index in [-0.39, 0.29) is 38.0 Å². The molecule has 1 atom stereocenters. The molecule has 0 radical (unpaired) electrons. The van der Waals surface area contributed by atoms with Crippen LogP contribution in [0.25, 0.3) is 33.4 Å². The third kappa shape index (κ3) is 8.36. The van der Waals surface area contributed by atoms with Gasteiger partial charge in [0.2, 0.25) is 5.91 Å². The Hall–Kier alpha value is -5.00. The highest BCUT2D eigenvalue weighted by Gasteiger charge is 2.43. The van der Waals surface area contributed by atoms with Crippen LogP contribution in [0.1, 0.15) is 24.6 Å². The Morgan fingerprint density at radius 3 is 2.59 bits per heavy atom. The third-order valence-corrected chi connectivity index (χ3v) is 8.90. The summed E-state index contributed by atoms with van der Waals surface area (Å²) in [7, 11) is 1.49. The number of aliphatic hydroxyl groups is 2. The molecule has 1 unspecified atom stereocenters. The van der Waals surface area contributed by atoms with Gasteiger partial charge in [-0.25, -0.2) is 14.1 Å². The zero-order valence-electron chi connectivity index (χ0n) is 27.4. The Labute approximate surface area is 285 Å². The molecule has 258 valence electrons. The van der Waals surface area contributed by atoms with E-state index in [1.54, 1.807) is 35.3 Å². The van der Waals surface area contributed by atoms with Crippen molar-refractivity contribution in [2.24, 2.45) is 7.05 Å². The Bertz CT molecular complexity index is 1910. The van der Waals surface area contributed by atoms with Crippen LogP contribution in [0.3, 0.4) is 0 Å². The monoisotopic (exact) mass is 689 g/mol. The van der Waals surface area contributed by atoms with Gasteiger partial charge in [0.05, 0.1) is 11.3 Å². The van der Waals surface area contributed by atoms with Crippen LogP contribution in [0.5, 0.6) is 0 Å². The Kier molecular flexibility index (Phi) is 11.2. The lowest BCUT2D eigenvalue weighted by Gasteiger charge is -2.37. The van der Waals surface area contributed by atoms with Crippen molar-refractivity contribution in [1.29, 1.82) is 0 Å². The van der Waals surface area contributed by atoms with Gasteiger partial charge in [0, 0.05) is 69.1 Å². The third-order valence-electron chi connectivity index (χ3n) is 7.89. The number of hydrogen-bond donors (Lipinski definition) is 5. The first kappa shape index (κ1) is 35.3. The van der Waals surface area contributed by atoms with Crippen LogP contribution in [0.15, 0.2) is 73.7 Å². The summed E-state index contributed by atoms with van der Waals surface area (Å²) in [5, 5.41) is 37.0. The molecule has 0 saturated carbocycles. The molecule has 0 saturated heterocycles. The molecule has 0 spiro atoms. The zero-order valence-corrected chi connectivity index (χ0v) is 28.2. The largest absolute Gasteiger partial charge is 0.369 e. The van der Waals surface area contributed by atoms with Crippen molar-refractivity contribution in [2.45, 2.75) is 19.3 Å². The fourth-order valence-electron chi connectivity index (χ4n) is 5.31.